The highest BCUT2D eigenvalue weighted by molar-refractivity contribution is 7.27. The van der Waals surface area contributed by atoms with E-state index in [9.17, 15) is 4.79 Å². The van der Waals surface area contributed by atoms with Gasteiger partial charge in [-0.1, -0.05) is 6.07 Å². The molecule has 2 N–H and O–H groups in total. The molecule has 1 aromatic carbocycles. The van der Waals surface area contributed by atoms with Crippen LogP contribution >= 0.6 is 9.24 Å². The van der Waals surface area contributed by atoms with Gasteiger partial charge in [-0.25, -0.2) is 4.79 Å². The van der Waals surface area contributed by atoms with Crippen molar-refractivity contribution in [2.45, 2.75) is 0 Å². The number of carbonyl (C=O) groups is 1. The number of phenols is 1. The molecule has 3 nitrogen and oxygen atoms in total. The molecule has 4 heteroatoms. The van der Waals surface area contributed by atoms with Crippen molar-refractivity contribution in [2.24, 2.45) is 0 Å². The molecule has 0 heterocycles. The van der Waals surface area contributed by atoms with Crippen LogP contribution in [0.2, 0.25) is 0 Å². The second-order valence-corrected chi connectivity index (χ2v) is 2.75. The molecule has 1 aromatic rings. The van der Waals surface area contributed by atoms with E-state index in [4.69, 9.17) is 10.2 Å². The highest BCUT2D eigenvalue weighted by Gasteiger charge is 2.07. The molecule has 0 bridgehead atoms. The Bertz CT molecular complexity index is 296. The van der Waals surface area contributed by atoms with Gasteiger partial charge in [-0.05, 0) is 17.4 Å². The van der Waals surface area contributed by atoms with Crippen molar-refractivity contribution in [3.05, 3.63) is 23.8 Å². The van der Waals surface area contributed by atoms with Gasteiger partial charge in [0.2, 0.25) is 0 Å². The molecule has 0 fully saturated rings. The first kappa shape index (κ1) is 8.02. The number of rotatable bonds is 1. The van der Waals surface area contributed by atoms with E-state index in [1.54, 1.807) is 6.07 Å². The molecular formula is C7H7O3P. The second kappa shape index (κ2) is 2.89. The lowest BCUT2D eigenvalue weighted by Gasteiger charge is -1.98. The summed E-state index contributed by atoms with van der Waals surface area (Å²) in [4.78, 5) is 10.4. The van der Waals surface area contributed by atoms with Crippen LogP contribution in [0.5, 0.6) is 5.75 Å². The lowest BCUT2D eigenvalue weighted by molar-refractivity contribution is 0.0694. The lowest BCUT2D eigenvalue weighted by atomic mass is 10.2. The molecule has 1 atom stereocenters. The Labute approximate surface area is 65.9 Å². The molecule has 58 valence electrons. The summed E-state index contributed by atoms with van der Waals surface area (Å²) in [5.74, 6) is -1.32. The van der Waals surface area contributed by atoms with Crippen molar-refractivity contribution in [3.63, 3.8) is 0 Å². The minimum absolute atomic E-state index is 0.0730. The number of aromatic hydroxyl groups is 1. The Morgan fingerprint density at radius 2 is 2.09 bits per heavy atom. The van der Waals surface area contributed by atoms with E-state index in [0.29, 0.717) is 0 Å². The van der Waals surface area contributed by atoms with Crippen LogP contribution in [-0.4, -0.2) is 16.2 Å². The third-order valence-electron chi connectivity index (χ3n) is 1.25. The summed E-state index contributed by atoms with van der Waals surface area (Å²) in [5, 5.41) is 18.3. The zero-order valence-electron chi connectivity index (χ0n) is 5.61. The molecule has 0 amide bonds. The van der Waals surface area contributed by atoms with Crippen LogP contribution in [0.1, 0.15) is 10.4 Å². The standard InChI is InChI=1S/C7H7O3P/c8-6-3-4(11)1-2-5(6)7(9)10/h1-3,8H,11H2,(H,9,10). The normalized spacial score (nSPS) is 9.55. The van der Waals surface area contributed by atoms with Gasteiger partial charge >= 0.3 is 5.97 Å². The molecule has 0 saturated heterocycles. The van der Waals surface area contributed by atoms with Gasteiger partial charge in [0.15, 0.2) is 0 Å². The molecule has 1 unspecified atom stereocenters. The molecule has 1 rings (SSSR count). The maximum Gasteiger partial charge on any atom is 0.339 e. The molecule has 0 aliphatic carbocycles. The number of aromatic carboxylic acids is 1. The highest BCUT2D eigenvalue weighted by Crippen LogP contribution is 2.14. The monoisotopic (exact) mass is 170 g/mol. The van der Waals surface area contributed by atoms with Crippen molar-refractivity contribution >= 4 is 20.5 Å². The van der Waals surface area contributed by atoms with Gasteiger partial charge in [-0.2, -0.15) is 0 Å². The summed E-state index contributed by atoms with van der Waals surface area (Å²) in [6.07, 6.45) is 0. The molecular weight excluding hydrogens is 163 g/mol. The van der Waals surface area contributed by atoms with Crippen molar-refractivity contribution < 1.29 is 15.0 Å². The Morgan fingerprint density at radius 1 is 1.45 bits per heavy atom. The fourth-order valence-corrected chi connectivity index (χ4v) is 0.984. The minimum Gasteiger partial charge on any atom is -0.507 e. The topological polar surface area (TPSA) is 57.5 Å². The average molecular weight is 170 g/mol. The molecule has 11 heavy (non-hydrogen) atoms. The first-order valence-electron chi connectivity index (χ1n) is 2.93. The summed E-state index contributed by atoms with van der Waals surface area (Å²) < 4.78 is 0. The zero-order valence-corrected chi connectivity index (χ0v) is 6.77. The van der Waals surface area contributed by atoms with Crippen LogP contribution in [0.15, 0.2) is 18.2 Å². The number of benzene rings is 1. The predicted octanol–water partition coefficient (Wildman–Crippen LogP) is 0.591. The minimum atomic E-state index is -1.12. The van der Waals surface area contributed by atoms with Crippen LogP contribution < -0.4 is 5.30 Å². The Balaban J connectivity index is 3.20. The molecule has 0 spiro atoms. The Hall–Kier alpha value is -1.08. The van der Waals surface area contributed by atoms with Crippen molar-refractivity contribution in [1.82, 2.24) is 0 Å². The van der Waals surface area contributed by atoms with Gasteiger partial charge in [0.05, 0.1) is 0 Å². The number of hydrogen-bond donors (Lipinski definition) is 2. The number of carboxylic acid groups (broad SMARTS) is 1. The highest BCUT2D eigenvalue weighted by atomic mass is 31.0. The van der Waals surface area contributed by atoms with E-state index in [0.717, 1.165) is 5.30 Å². The van der Waals surface area contributed by atoms with Gasteiger partial charge in [0.25, 0.3) is 0 Å². The predicted molar refractivity (Wildman–Crippen MR) is 44.4 cm³/mol. The fourth-order valence-electron chi connectivity index (χ4n) is 0.730. The summed E-state index contributed by atoms with van der Waals surface area (Å²) in [5.41, 5.74) is -0.0730. The fraction of sp³-hybridized carbons (Fsp3) is 0. The summed E-state index contributed by atoms with van der Waals surface area (Å²) >= 11 is 0. The first-order valence-corrected chi connectivity index (χ1v) is 3.51. The molecule has 0 saturated carbocycles. The Kier molecular flexibility index (Phi) is 2.11. The van der Waals surface area contributed by atoms with Gasteiger partial charge < -0.3 is 10.2 Å². The van der Waals surface area contributed by atoms with Crippen molar-refractivity contribution in [2.75, 3.05) is 0 Å². The quantitative estimate of drug-likeness (QED) is 0.606. The molecule has 0 aliphatic rings. The van der Waals surface area contributed by atoms with Crippen LogP contribution in [0.25, 0.3) is 0 Å². The van der Waals surface area contributed by atoms with E-state index in [1.165, 1.54) is 12.1 Å². The summed E-state index contributed by atoms with van der Waals surface area (Å²) in [6, 6.07) is 4.35. The smallest absolute Gasteiger partial charge is 0.339 e. The van der Waals surface area contributed by atoms with E-state index < -0.39 is 5.97 Å². The van der Waals surface area contributed by atoms with Gasteiger partial charge in [-0.3, -0.25) is 0 Å². The third kappa shape index (κ3) is 1.69. The molecule has 0 radical (unpaired) electrons. The second-order valence-electron chi connectivity index (χ2n) is 2.08. The maximum atomic E-state index is 10.4. The lowest BCUT2D eigenvalue weighted by Crippen LogP contribution is -1.99. The van der Waals surface area contributed by atoms with Crippen LogP contribution in [0, 0.1) is 0 Å². The number of hydrogen-bond acceptors (Lipinski definition) is 2. The average Bonchev–Trinajstić information content (AvgIpc) is 1.85. The number of carboxylic acids is 1. The van der Waals surface area contributed by atoms with Crippen molar-refractivity contribution in [3.8, 4) is 5.75 Å². The summed E-state index contributed by atoms with van der Waals surface area (Å²) in [7, 11) is 2.37. The third-order valence-corrected chi connectivity index (χ3v) is 1.61. The van der Waals surface area contributed by atoms with E-state index >= 15 is 0 Å². The van der Waals surface area contributed by atoms with E-state index in [1.807, 2.05) is 0 Å². The van der Waals surface area contributed by atoms with E-state index in [2.05, 4.69) is 9.24 Å². The van der Waals surface area contributed by atoms with Crippen LogP contribution in [-0.2, 0) is 0 Å². The van der Waals surface area contributed by atoms with Gasteiger partial charge in [-0.15, -0.1) is 9.24 Å². The van der Waals surface area contributed by atoms with Crippen LogP contribution in [0.4, 0.5) is 0 Å². The Morgan fingerprint density at radius 3 is 2.55 bits per heavy atom. The molecule has 0 aliphatic heterocycles. The SMILES string of the molecule is O=C(O)c1ccc(P)cc1O. The zero-order chi connectivity index (χ0) is 8.43. The largest absolute Gasteiger partial charge is 0.507 e. The summed E-state index contributed by atoms with van der Waals surface area (Å²) in [6.45, 7) is 0. The van der Waals surface area contributed by atoms with Gasteiger partial charge in [0.1, 0.15) is 11.3 Å². The first-order chi connectivity index (χ1) is 5.11. The van der Waals surface area contributed by atoms with Crippen molar-refractivity contribution in [1.29, 1.82) is 0 Å². The maximum absolute atomic E-state index is 10.4. The van der Waals surface area contributed by atoms with E-state index in [-0.39, 0.29) is 11.3 Å². The molecule has 0 aromatic heterocycles. The van der Waals surface area contributed by atoms with Crippen LogP contribution in [0.3, 0.4) is 0 Å². The van der Waals surface area contributed by atoms with Gasteiger partial charge in [0, 0.05) is 0 Å².